The van der Waals surface area contributed by atoms with Crippen molar-refractivity contribution in [3.05, 3.63) is 72.2 Å². The fourth-order valence-electron chi connectivity index (χ4n) is 4.02. The molecule has 12 heteroatoms. The number of hydrogen-bond donors (Lipinski definition) is 0. The molecule has 1 fully saturated rings. The molecule has 3 aromatic heterocycles. The number of pyridine rings is 2. The van der Waals surface area contributed by atoms with E-state index in [1.54, 1.807) is 18.2 Å². The third-order valence-corrected chi connectivity index (χ3v) is 5.77. The molecule has 1 aliphatic heterocycles. The molecule has 4 heterocycles. The molecule has 1 saturated heterocycles. The molecule has 35 heavy (non-hydrogen) atoms. The fourth-order valence-corrected chi connectivity index (χ4v) is 4.02. The van der Waals surface area contributed by atoms with Gasteiger partial charge in [-0.1, -0.05) is 18.2 Å². The molecular formula is C23H18ClF5N4O2. The molecule has 1 amide bonds. The Morgan fingerprint density at radius 3 is 2.63 bits per heavy atom. The molecule has 6 nitrogen and oxygen atoms in total. The van der Waals surface area contributed by atoms with Crippen LogP contribution in [0.3, 0.4) is 0 Å². The Labute approximate surface area is 201 Å². The molecule has 0 unspecified atom stereocenters. The Morgan fingerprint density at radius 2 is 1.86 bits per heavy atom. The predicted octanol–water partition coefficient (Wildman–Crippen LogP) is 5.25. The van der Waals surface area contributed by atoms with Crippen LogP contribution in [0.25, 0.3) is 16.6 Å². The van der Waals surface area contributed by atoms with Gasteiger partial charge >= 0.3 is 6.18 Å². The summed E-state index contributed by atoms with van der Waals surface area (Å²) in [5.41, 5.74) is -0.750. The number of benzene rings is 1. The molecule has 1 aliphatic rings. The average molecular weight is 513 g/mol. The van der Waals surface area contributed by atoms with Gasteiger partial charge in [-0.3, -0.25) is 9.20 Å². The summed E-state index contributed by atoms with van der Waals surface area (Å²) in [4.78, 5) is 22.4. The zero-order valence-electron chi connectivity index (χ0n) is 17.9. The van der Waals surface area contributed by atoms with E-state index in [9.17, 15) is 26.7 Å². The van der Waals surface area contributed by atoms with E-state index >= 15 is 0 Å². The Kier molecular flexibility index (Phi) is 6.31. The first-order chi connectivity index (χ1) is 16.1. The van der Waals surface area contributed by atoms with Gasteiger partial charge in [0, 0.05) is 36.8 Å². The minimum Gasteiger partial charge on any atom is -0.466 e. The number of piperidine rings is 1. The van der Waals surface area contributed by atoms with Gasteiger partial charge in [0.05, 0.1) is 17.6 Å². The van der Waals surface area contributed by atoms with E-state index in [2.05, 4.69) is 9.97 Å². The Balaban J connectivity index is 0.00000289. The van der Waals surface area contributed by atoms with Crippen molar-refractivity contribution in [2.75, 3.05) is 13.1 Å². The van der Waals surface area contributed by atoms with Crippen molar-refractivity contribution in [1.29, 1.82) is 0 Å². The van der Waals surface area contributed by atoms with Crippen molar-refractivity contribution in [3.8, 4) is 5.88 Å². The number of halogens is 6. The maximum Gasteiger partial charge on any atom is 0.431 e. The summed E-state index contributed by atoms with van der Waals surface area (Å²) < 4.78 is 75.4. The van der Waals surface area contributed by atoms with E-state index in [4.69, 9.17) is 4.74 Å². The highest BCUT2D eigenvalue weighted by Crippen LogP contribution is 2.34. The molecule has 0 N–H and O–H groups in total. The number of alkyl halides is 5. The molecule has 0 saturated carbocycles. The van der Waals surface area contributed by atoms with E-state index in [1.165, 1.54) is 6.07 Å². The maximum atomic E-state index is 14.7. The van der Waals surface area contributed by atoms with Crippen molar-refractivity contribution in [2.24, 2.45) is 0 Å². The summed E-state index contributed by atoms with van der Waals surface area (Å²) in [5, 5.41) is 0.813. The summed E-state index contributed by atoms with van der Waals surface area (Å²) in [6.45, 7) is -0.751. The van der Waals surface area contributed by atoms with Crippen molar-refractivity contribution < 1.29 is 31.5 Å². The van der Waals surface area contributed by atoms with Crippen LogP contribution in [-0.2, 0) is 6.18 Å². The van der Waals surface area contributed by atoms with Crippen molar-refractivity contribution >= 4 is 34.9 Å². The quantitative estimate of drug-likeness (QED) is 0.352. The SMILES string of the molecule is Cl.O=C(c1ccc(C(F)(F)F)n2ccnc12)N1CCC(F)(F)[C@@H](Oc2ccc3ccccc3n2)C1. The highest BCUT2D eigenvalue weighted by atomic mass is 35.5. The van der Waals surface area contributed by atoms with Crippen molar-refractivity contribution in [3.63, 3.8) is 0 Å². The van der Waals surface area contributed by atoms with Crippen LogP contribution < -0.4 is 4.74 Å². The summed E-state index contributed by atoms with van der Waals surface area (Å²) >= 11 is 0. The van der Waals surface area contributed by atoms with Crippen molar-refractivity contribution in [2.45, 2.75) is 24.6 Å². The zero-order chi connectivity index (χ0) is 24.1. The topological polar surface area (TPSA) is 59.7 Å². The molecule has 0 bridgehead atoms. The average Bonchev–Trinajstić information content (AvgIpc) is 3.28. The van der Waals surface area contributed by atoms with Crippen LogP contribution in [0.2, 0.25) is 0 Å². The minimum atomic E-state index is -4.65. The van der Waals surface area contributed by atoms with Gasteiger partial charge < -0.3 is 9.64 Å². The van der Waals surface area contributed by atoms with Crippen molar-refractivity contribution in [1.82, 2.24) is 19.3 Å². The number of rotatable bonds is 3. The summed E-state index contributed by atoms with van der Waals surface area (Å²) in [5.74, 6) is -3.95. The predicted molar refractivity (Wildman–Crippen MR) is 119 cm³/mol. The first-order valence-corrected chi connectivity index (χ1v) is 10.4. The largest absolute Gasteiger partial charge is 0.466 e. The van der Waals surface area contributed by atoms with Crippen LogP contribution in [0.4, 0.5) is 22.0 Å². The normalized spacial score (nSPS) is 17.9. The second-order valence-corrected chi connectivity index (χ2v) is 7.96. The van der Waals surface area contributed by atoms with Crippen LogP contribution in [-0.4, -0.2) is 50.3 Å². The smallest absolute Gasteiger partial charge is 0.431 e. The van der Waals surface area contributed by atoms with Crippen LogP contribution in [0, 0.1) is 0 Å². The number of carbonyl (C=O) groups excluding carboxylic acids is 1. The van der Waals surface area contributed by atoms with Gasteiger partial charge in [0.15, 0.2) is 6.10 Å². The first-order valence-electron chi connectivity index (χ1n) is 10.4. The Hall–Kier alpha value is -3.47. The molecule has 1 atom stereocenters. The number of fused-ring (bicyclic) bond motifs is 2. The molecule has 0 radical (unpaired) electrons. The minimum absolute atomic E-state index is 0. The van der Waals surface area contributed by atoms with E-state index in [0.717, 1.165) is 39.2 Å². The molecule has 0 aliphatic carbocycles. The van der Waals surface area contributed by atoms with Gasteiger partial charge in [0.2, 0.25) is 5.88 Å². The number of likely N-dealkylation sites (tertiary alicyclic amines) is 1. The highest BCUT2D eigenvalue weighted by molar-refractivity contribution is 6.00. The number of carbonyl (C=O) groups is 1. The lowest BCUT2D eigenvalue weighted by molar-refractivity contribution is -0.142. The number of para-hydroxylation sites is 1. The zero-order valence-corrected chi connectivity index (χ0v) is 18.7. The van der Waals surface area contributed by atoms with Crippen LogP contribution in [0.15, 0.2) is 60.9 Å². The number of ether oxygens (including phenoxy) is 1. The third kappa shape index (κ3) is 4.60. The summed E-state index contributed by atoms with van der Waals surface area (Å²) in [6, 6.07) is 12.1. The van der Waals surface area contributed by atoms with Gasteiger partial charge in [-0.05, 0) is 24.3 Å². The molecule has 0 spiro atoms. The fraction of sp³-hybridized carbons (Fsp3) is 0.261. The van der Waals surface area contributed by atoms with E-state index in [0.29, 0.717) is 5.52 Å². The van der Waals surface area contributed by atoms with E-state index in [1.807, 2.05) is 12.1 Å². The Bertz CT molecular complexity index is 1390. The van der Waals surface area contributed by atoms with Crippen LogP contribution in [0.5, 0.6) is 5.88 Å². The number of hydrogen-bond acceptors (Lipinski definition) is 4. The molecule has 4 aromatic rings. The van der Waals surface area contributed by atoms with Gasteiger partial charge in [0.1, 0.15) is 11.3 Å². The Morgan fingerprint density at radius 1 is 1.09 bits per heavy atom. The molecule has 5 rings (SSSR count). The van der Waals surface area contributed by atoms with Crippen LogP contribution in [0.1, 0.15) is 22.5 Å². The lowest BCUT2D eigenvalue weighted by Gasteiger charge is -2.38. The van der Waals surface area contributed by atoms with Gasteiger partial charge in [-0.2, -0.15) is 13.2 Å². The maximum absolute atomic E-state index is 14.7. The summed E-state index contributed by atoms with van der Waals surface area (Å²) in [7, 11) is 0. The number of amides is 1. The molecule has 1 aromatic carbocycles. The highest BCUT2D eigenvalue weighted by Gasteiger charge is 2.47. The lowest BCUT2D eigenvalue weighted by Crippen LogP contribution is -2.55. The number of aromatic nitrogens is 3. The first kappa shape index (κ1) is 24.6. The van der Waals surface area contributed by atoms with Gasteiger partial charge in [-0.25, -0.2) is 18.7 Å². The second kappa shape index (κ2) is 8.95. The van der Waals surface area contributed by atoms with E-state index < -0.39 is 42.8 Å². The van der Waals surface area contributed by atoms with Gasteiger partial charge in [-0.15, -0.1) is 12.4 Å². The molecular weight excluding hydrogens is 495 g/mol. The molecule has 184 valence electrons. The second-order valence-electron chi connectivity index (χ2n) is 7.96. The summed E-state index contributed by atoms with van der Waals surface area (Å²) in [6.07, 6.45) is -4.76. The third-order valence-electron chi connectivity index (χ3n) is 5.77. The lowest BCUT2D eigenvalue weighted by atomic mass is 10.0. The van der Waals surface area contributed by atoms with Gasteiger partial charge in [0.25, 0.3) is 11.8 Å². The van der Waals surface area contributed by atoms with Crippen LogP contribution >= 0.6 is 12.4 Å². The van der Waals surface area contributed by atoms with E-state index in [-0.39, 0.29) is 36.0 Å². The number of imidazole rings is 1. The monoisotopic (exact) mass is 512 g/mol. The number of nitrogens with zero attached hydrogens (tertiary/aromatic N) is 4. The standard InChI is InChI=1S/C23H17F5N4O2.ClH/c24-22(25)9-11-31(13-18(22)34-19-8-5-14-3-1-2-4-16(14)30-19)21(33)15-6-7-17(23(26,27)28)32-12-10-29-20(15)32;/h1-8,10,12,18H,9,11,13H2;1H/t18-;/m0./s1.